The molecule has 3 heterocycles. The predicted molar refractivity (Wildman–Crippen MR) is 123 cm³/mol. The summed E-state index contributed by atoms with van der Waals surface area (Å²) in [6.07, 6.45) is 9.33. The van der Waals surface area contributed by atoms with Crippen LogP contribution in [0, 0.1) is 12.8 Å². The van der Waals surface area contributed by atoms with Gasteiger partial charge in [-0.25, -0.2) is 14.4 Å². The van der Waals surface area contributed by atoms with Crippen LogP contribution in [0.1, 0.15) is 56.0 Å². The molecule has 2 N–H and O–H groups in total. The number of aromatic nitrogens is 4. The van der Waals surface area contributed by atoms with E-state index in [2.05, 4.69) is 9.71 Å². The summed E-state index contributed by atoms with van der Waals surface area (Å²) in [6, 6.07) is 5.87. The number of nitrogens with zero attached hydrogens (tertiary/aromatic N) is 4. The van der Waals surface area contributed by atoms with Gasteiger partial charge in [-0.2, -0.15) is 23.0 Å². The van der Waals surface area contributed by atoms with Crippen molar-refractivity contribution in [1.29, 1.82) is 0 Å². The van der Waals surface area contributed by atoms with E-state index in [-0.39, 0.29) is 6.54 Å². The molecule has 0 spiro atoms. The van der Waals surface area contributed by atoms with E-state index >= 15 is 0 Å². The molecule has 1 fully saturated rings. The summed E-state index contributed by atoms with van der Waals surface area (Å²) in [6.45, 7) is 6.16. The number of pyridine rings is 1. The molecule has 1 aliphatic rings. The van der Waals surface area contributed by atoms with Crippen molar-refractivity contribution in [3.63, 3.8) is 0 Å². The van der Waals surface area contributed by atoms with Crippen LogP contribution in [0.3, 0.4) is 0 Å². The van der Waals surface area contributed by atoms with Gasteiger partial charge in [0.15, 0.2) is 5.65 Å². The van der Waals surface area contributed by atoms with Crippen molar-refractivity contribution in [1.82, 2.24) is 29.0 Å². The number of rotatable bonds is 9. The first-order valence-corrected chi connectivity index (χ1v) is 12.2. The molecule has 4 rings (SSSR count). The third-order valence-corrected chi connectivity index (χ3v) is 6.43. The summed E-state index contributed by atoms with van der Waals surface area (Å²) in [5, 5.41) is 5.71. The second-order valence-electron chi connectivity index (χ2n) is 8.50. The van der Waals surface area contributed by atoms with Crippen molar-refractivity contribution in [3.8, 4) is 0 Å². The maximum absolute atomic E-state index is 12.3. The van der Waals surface area contributed by atoms with Crippen LogP contribution in [0.15, 0.2) is 36.7 Å². The first-order valence-electron chi connectivity index (χ1n) is 10.8. The average Bonchev–Trinajstić information content (AvgIpc) is 3.38. The molecule has 0 radical (unpaired) electrons. The Morgan fingerprint density at radius 3 is 2.81 bits per heavy atom. The summed E-state index contributed by atoms with van der Waals surface area (Å²) in [7, 11) is -3.89. The molecule has 170 valence electrons. The summed E-state index contributed by atoms with van der Waals surface area (Å²) in [4.78, 5) is 18.6. The fraction of sp³-hybridized carbons (Fsp3) is 0.409. The van der Waals surface area contributed by atoms with E-state index in [4.69, 9.17) is 5.10 Å². The normalized spacial score (nSPS) is 14.6. The topological polar surface area (TPSA) is 111 Å². The van der Waals surface area contributed by atoms with Gasteiger partial charge in [0.2, 0.25) is 0 Å². The average molecular weight is 457 g/mol. The van der Waals surface area contributed by atoms with Crippen LogP contribution in [0.2, 0.25) is 0 Å². The smallest absolute Gasteiger partial charge is 0.269 e. The SMILES string of the molecule is Cc1nn(-n2ccc3cccnc32)c(C2CC2)c1C=CC(=O)NS(=O)(=O)NCCC(C)C. The van der Waals surface area contributed by atoms with Gasteiger partial charge in [-0.15, -0.1) is 0 Å². The van der Waals surface area contributed by atoms with E-state index in [0.29, 0.717) is 18.3 Å². The van der Waals surface area contributed by atoms with Gasteiger partial charge in [0, 0.05) is 41.9 Å². The third kappa shape index (κ3) is 4.91. The second-order valence-corrected chi connectivity index (χ2v) is 10.0. The Kier molecular flexibility index (Phi) is 6.16. The lowest BCUT2D eigenvalue weighted by molar-refractivity contribution is -0.114. The zero-order chi connectivity index (χ0) is 22.9. The Morgan fingerprint density at radius 2 is 2.09 bits per heavy atom. The number of nitrogens with one attached hydrogen (secondary N) is 2. The highest BCUT2D eigenvalue weighted by Gasteiger charge is 2.32. The van der Waals surface area contributed by atoms with Gasteiger partial charge < -0.3 is 0 Å². The molecule has 1 amide bonds. The van der Waals surface area contributed by atoms with Gasteiger partial charge in [0.1, 0.15) is 0 Å². The number of hydrogen-bond acceptors (Lipinski definition) is 5. The fourth-order valence-corrected chi connectivity index (χ4v) is 4.39. The molecule has 0 bridgehead atoms. The molecule has 32 heavy (non-hydrogen) atoms. The number of hydrogen-bond donors (Lipinski definition) is 2. The van der Waals surface area contributed by atoms with Crippen molar-refractivity contribution < 1.29 is 13.2 Å². The molecule has 1 aliphatic carbocycles. The molecule has 0 aromatic carbocycles. The molecule has 9 nitrogen and oxygen atoms in total. The highest BCUT2D eigenvalue weighted by atomic mass is 32.2. The van der Waals surface area contributed by atoms with E-state index in [1.807, 2.05) is 59.4 Å². The maximum atomic E-state index is 12.3. The predicted octanol–water partition coefficient (Wildman–Crippen LogP) is 2.74. The molecule has 0 unspecified atom stereocenters. The molecule has 0 atom stereocenters. The van der Waals surface area contributed by atoms with Gasteiger partial charge in [-0.1, -0.05) is 13.8 Å². The molecular weight excluding hydrogens is 428 g/mol. The number of aryl methyl sites for hydroxylation is 1. The van der Waals surface area contributed by atoms with E-state index in [1.54, 1.807) is 12.3 Å². The summed E-state index contributed by atoms with van der Waals surface area (Å²) in [5.41, 5.74) is 3.37. The van der Waals surface area contributed by atoms with Crippen LogP contribution in [0.25, 0.3) is 17.1 Å². The molecule has 10 heteroatoms. The minimum Gasteiger partial charge on any atom is -0.269 e. The second kappa shape index (κ2) is 8.87. The number of carbonyl (C=O) groups is 1. The van der Waals surface area contributed by atoms with Crippen LogP contribution in [-0.2, 0) is 15.0 Å². The van der Waals surface area contributed by atoms with Crippen molar-refractivity contribution in [2.24, 2.45) is 5.92 Å². The summed E-state index contributed by atoms with van der Waals surface area (Å²) in [5.74, 6) is -0.00759. The highest BCUT2D eigenvalue weighted by Crippen LogP contribution is 2.43. The molecule has 3 aromatic rings. The van der Waals surface area contributed by atoms with Gasteiger partial charge in [-0.05, 0) is 56.4 Å². The van der Waals surface area contributed by atoms with Crippen LogP contribution in [0.5, 0.6) is 0 Å². The van der Waals surface area contributed by atoms with E-state index in [1.165, 1.54) is 6.08 Å². The Labute approximate surface area is 187 Å². The van der Waals surface area contributed by atoms with E-state index < -0.39 is 16.1 Å². The van der Waals surface area contributed by atoms with E-state index in [0.717, 1.165) is 40.8 Å². The quantitative estimate of drug-likeness (QED) is 0.481. The summed E-state index contributed by atoms with van der Waals surface area (Å²) >= 11 is 0. The Balaban J connectivity index is 1.57. The zero-order valence-electron chi connectivity index (χ0n) is 18.4. The number of amides is 1. The largest absolute Gasteiger partial charge is 0.301 e. The molecule has 0 aliphatic heterocycles. The molecule has 1 saturated carbocycles. The first kappa shape index (κ1) is 22.2. The molecular formula is C22H28N6O3S. The van der Waals surface area contributed by atoms with Crippen LogP contribution >= 0.6 is 0 Å². The van der Waals surface area contributed by atoms with Gasteiger partial charge in [0.05, 0.1) is 11.4 Å². The number of carbonyl (C=O) groups excluding carboxylic acids is 1. The van der Waals surface area contributed by atoms with E-state index in [9.17, 15) is 13.2 Å². The minimum atomic E-state index is -3.89. The van der Waals surface area contributed by atoms with Crippen molar-refractivity contribution in [2.75, 3.05) is 6.54 Å². The van der Waals surface area contributed by atoms with Gasteiger partial charge in [-0.3, -0.25) is 4.79 Å². The standard InChI is InChI=1S/C22H28N6O3S/c1-15(2)10-13-24-32(30,31)26-20(29)9-8-19-16(3)25-28(21(19)17-6-7-17)27-14-11-18-5-4-12-23-22(18)27/h4-5,8-9,11-12,14-15,17,24H,6-7,10,13H2,1-3H3,(H,26,29). The lowest BCUT2D eigenvalue weighted by Crippen LogP contribution is -2.40. The zero-order valence-corrected chi connectivity index (χ0v) is 19.3. The Morgan fingerprint density at radius 1 is 1.31 bits per heavy atom. The van der Waals surface area contributed by atoms with Crippen LogP contribution in [0.4, 0.5) is 0 Å². The van der Waals surface area contributed by atoms with Crippen molar-refractivity contribution in [2.45, 2.75) is 46.0 Å². The first-order chi connectivity index (χ1) is 15.2. The van der Waals surface area contributed by atoms with Gasteiger partial charge >= 0.3 is 10.2 Å². The molecule has 0 saturated heterocycles. The minimum absolute atomic E-state index is 0.278. The maximum Gasteiger partial charge on any atom is 0.301 e. The third-order valence-electron chi connectivity index (χ3n) is 5.37. The molecule has 3 aromatic heterocycles. The van der Waals surface area contributed by atoms with Crippen molar-refractivity contribution >= 4 is 33.2 Å². The van der Waals surface area contributed by atoms with Crippen LogP contribution in [-0.4, -0.2) is 40.4 Å². The van der Waals surface area contributed by atoms with Crippen molar-refractivity contribution in [3.05, 3.63) is 53.6 Å². The number of fused-ring (bicyclic) bond motifs is 1. The Bertz CT molecular complexity index is 1270. The fourth-order valence-electron chi connectivity index (χ4n) is 3.60. The Hall–Kier alpha value is -2.98. The van der Waals surface area contributed by atoms with Gasteiger partial charge in [0.25, 0.3) is 5.91 Å². The lowest BCUT2D eigenvalue weighted by atomic mass is 10.1. The van der Waals surface area contributed by atoms with Crippen LogP contribution < -0.4 is 9.44 Å². The summed E-state index contributed by atoms with van der Waals surface area (Å²) < 4.78 is 30.5. The monoisotopic (exact) mass is 456 g/mol. The lowest BCUT2D eigenvalue weighted by Gasteiger charge is -2.10. The highest BCUT2D eigenvalue weighted by molar-refractivity contribution is 7.88.